The summed E-state index contributed by atoms with van der Waals surface area (Å²) in [5, 5.41) is 9.81. The highest BCUT2D eigenvalue weighted by Crippen LogP contribution is 2.16. The SMILES string of the molecule is O=C(NCCc1nc2ccccc2[nH]1)c1cc(-c2ccncc2)n[nH]1. The highest BCUT2D eigenvalue weighted by Gasteiger charge is 2.11. The molecule has 0 radical (unpaired) electrons. The van der Waals surface area contributed by atoms with E-state index in [0.29, 0.717) is 24.4 Å². The molecule has 0 saturated heterocycles. The van der Waals surface area contributed by atoms with E-state index >= 15 is 0 Å². The van der Waals surface area contributed by atoms with Crippen LogP contribution in [0, 0.1) is 0 Å². The molecule has 1 aromatic carbocycles. The molecule has 0 bridgehead atoms. The Hall–Kier alpha value is -3.48. The van der Waals surface area contributed by atoms with Crippen LogP contribution in [0.15, 0.2) is 54.9 Å². The van der Waals surface area contributed by atoms with Gasteiger partial charge in [-0.1, -0.05) is 12.1 Å². The molecule has 3 aromatic heterocycles. The van der Waals surface area contributed by atoms with Gasteiger partial charge in [0.1, 0.15) is 11.5 Å². The average Bonchev–Trinajstić information content (AvgIpc) is 3.29. The number of nitrogens with one attached hydrogen (secondary N) is 3. The normalized spacial score (nSPS) is 10.9. The number of pyridine rings is 1. The van der Waals surface area contributed by atoms with Gasteiger partial charge in [0.2, 0.25) is 0 Å². The van der Waals surface area contributed by atoms with Crippen molar-refractivity contribution in [3.05, 3.63) is 66.4 Å². The molecule has 4 rings (SSSR count). The fourth-order valence-corrected chi connectivity index (χ4v) is 2.62. The van der Waals surface area contributed by atoms with Crippen LogP contribution in [0.25, 0.3) is 22.3 Å². The fraction of sp³-hybridized carbons (Fsp3) is 0.111. The van der Waals surface area contributed by atoms with E-state index in [4.69, 9.17) is 0 Å². The van der Waals surface area contributed by atoms with Crippen LogP contribution in [0.2, 0.25) is 0 Å². The molecule has 3 heterocycles. The number of nitrogens with zero attached hydrogens (tertiary/aromatic N) is 3. The molecule has 124 valence electrons. The first-order valence-corrected chi connectivity index (χ1v) is 7.97. The largest absolute Gasteiger partial charge is 0.350 e. The molecule has 0 aliphatic carbocycles. The van der Waals surface area contributed by atoms with Gasteiger partial charge in [0, 0.05) is 30.9 Å². The lowest BCUT2D eigenvalue weighted by molar-refractivity contribution is 0.0949. The number of fused-ring (bicyclic) bond motifs is 1. The molecular formula is C18H16N6O. The maximum absolute atomic E-state index is 12.2. The Bertz CT molecular complexity index is 972. The molecule has 0 atom stereocenters. The van der Waals surface area contributed by atoms with Crippen molar-refractivity contribution in [2.75, 3.05) is 6.54 Å². The molecule has 0 spiro atoms. The summed E-state index contributed by atoms with van der Waals surface area (Å²) in [5.41, 5.74) is 3.98. The maximum Gasteiger partial charge on any atom is 0.269 e. The summed E-state index contributed by atoms with van der Waals surface area (Å²) in [6.07, 6.45) is 4.01. The molecule has 25 heavy (non-hydrogen) atoms. The number of H-pyrrole nitrogens is 2. The summed E-state index contributed by atoms with van der Waals surface area (Å²) in [6, 6.07) is 13.3. The monoisotopic (exact) mass is 332 g/mol. The summed E-state index contributed by atoms with van der Waals surface area (Å²) in [7, 11) is 0. The predicted octanol–water partition coefficient (Wildman–Crippen LogP) is 2.32. The lowest BCUT2D eigenvalue weighted by Gasteiger charge is -2.01. The van der Waals surface area contributed by atoms with Crippen LogP contribution in [0.5, 0.6) is 0 Å². The van der Waals surface area contributed by atoms with Crippen LogP contribution in [0.4, 0.5) is 0 Å². The Kier molecular flexibility index (Phi) is 3.96. The summed E-state index contributed by atoms with van der Waals surface area (Å²) in [4.78, 5) is 23.9. The van der Waals surface area contributed by atoms with Crippen LogP contribution in [0.1, 0.15) is 16.3 Å². The fourth-order valence-electron chi connectivity index (χ4n) is 2.62. The van der Waals surface area contributed by atoms with Crippen molar-refractivity contribution in [2.45, 2.75) is 6.42 Å². The van der Waals surface area contributed by atoms with E-state index in [1.165, 1.54) is 0 Å². The Labute approximate surface area is 143 Å². The second-order valence-corrected chi connectivity index (χ2v) is 5.61. The highest BCUT2D eigenvalue weighted by molar-refractivity contribution is 5.93. The number of para-hydroxylation sites is 2. The van der Waals surface area contributed by atoms with Crippen LogP contribution >= 0.6 is 0 Å². The number of rotatable bonds is 5. The number of imidazole rings is 1. The van der Waals surface area contributed by atoms with Crippen LogP contribution < -0.4 is 5.32 Å². The van der Waals surface area contributed by atoms with Crippen molar-refractivity contribution >= 4 is 16.9 Å². The van der Waals surface area contributed by atoms with Gasteiger partial charge in [-0.15, -0.1) is 0 Å². The maximum atomic E-state index is 12.2. The molecule has 1 amide bonds. The van der Waals surface area contributed by atoms with E-state index in [2.05, 4.69) is 30.5 Å². The molecule has 0 fully saturated rings. The third kappa shape index (κ3) is 3.25. The minimum Gasteiger partial charge on any atom is -0.350 e. The van der Waals surface area contributed by atoms with E-state index in [0.717, 1.165) is 22.4 Å². The van der Waals surface area contributed by atoms with E-state index in [1.54, 1.807) is 18.5 Å². The highest BCUT2D eigenvalue weighted by atomic mass is 16.1. The molecule has 3 N–H and O–H groups in total. The van der Waals surface area contributed by atoms with Gasteiger partial charge in [0.25, 0.3) is 5.91 Å². The zero-order chi connectivity index (χ0) is 17.1. The zero-order valence-corrected chi connectivity index (χ0v) is 13.4. The Morgan fingerprint density at radius 3 is 2.80 bits per heavy atom. The predicted molar refractivity (Wildman–Crippen MR) is 93.9 cm³/mol. The molecule has 7 nitrogen and oxygen atoms in total. The number of carbonyl (C=O) groups excluding carboxylic acids is 1. The molecular weight excluding hydrogens is 316 g/mol. The van der Waals surface area contributed by atoms with Crippen molar-refractivity contribution in [1.29, 1.82) is 0 Å². The second-order valence-electron chi connectivity index (χ2n) is 5.61. The van der Waals surface area contributed by atoms with Crippen molar-refractivity contribution in [3.8, 4) is 11.3 Å². The number of aromatic nitrogens is 5. The number of benzene rings is 1. The first-order chi connectivity index (χ1) is 12.3. The number of carbonyl (C=O) groups is 1. The number of hydrogen-bond acceptors (Lipinski definition) is 4. The summed E-state index contributed by atoms with van der Waals surface area (Å²) >= 11 is 0. The van der Waals surface area contributed by atoms with Gasteiger partial charge in [-0.2, -0.15) is 5.10 Å². The first-order valence-electron chi connectivity index (χ1n) is 7.97. The topological polar surface area (TPSA) is 99.3 Å². The van der Waals surface area contributed by atoms with Crippen molar-refractivity contribution in [1.82, 2.24) is 30.5 Å². The Balaban J connectivity index is 1.37. The van der Waals surface area contributed by atoms with Crippen molar-refractivity contribution in [2.24, 2.45) is 0 Å². The van der Waals surface area contributed by atoms with Gasteiger partial charge in [-0.05, 0) is 30.3 Å². The van der Waals surface area contributed by atoms with Gasteiger partial charge in [0.05, 0.1) is 16.7 Å². The van der Waals surface area contributed by atoms with Gasteiger partial charge in [-0.3, -0.25) is 14.9 Å². The van der Waals surface area contributed by atoms with E-state index < -0.39 is 0 Å². The van der Waals surface area contributed by atoms with Gasteiger partial charge < -0.3 is 10.3 Å². The van der Waals surface area contributed by atoms with E-state index in [1.807, 2.05) is 36.4 Å². The molecule has 0 aliphatic heterocycles. The van der Waals surface area contributed by atoms with Crippen LogP contribution in [0.3, 0.4) is 0 Å². The zero-order valence-electron chi connectivity index (χ0n) is 13.4. The Morgan fingerprint density at radius 2 is 1.96 bits per heavy atom. The number of amides is 1. The summed E-state index contributed by atoms with van der Waals surface area (Å²) in [6.45, 7) is 0.488. The van der Waals surface area contributed by atoms with Crippen molar-refractivity contribution < 1.29 is 4.79 Å². The Morgan fingerprint density at radius 1 is 1.12 bits per heavy atom. The smallest absolute Gasteiger partial charge is 0.269 e. The molecule has 0 unspecified atom stereocenters. The van der Waals surface area contributed by atoms with Gasteiger partial charge in [0.15, 0.2) is 0 Å². The summed E-state index contributed by atoms with van der Waals surface area (Å²) < 4.78 is 0. The molecule has 0 aliphatic rings. The van der Waals surface area contributed by atoms with Gasteiger partial charge >= 0.3 is 0 Å². The standard InChI is InChI=1S/C18H16N6O/c25-18(16-11-15(23-24-16)12-5-8-19-9-6-12)20-10-7-17-21-13-3-1-2-4-14(13)22-17/h1-6,8-9,11H,7,10H2,(H,20,25)(H,21,22)(H,23,24). The third-order valence-electron chi connectivity index (χ3n) is 3.88. The van der Waals surface area contributed by atoms with Crippen LogP contribution in [-0.2, 0) is 6.42 Å². The van der Waals surface area contributed by atoms with Crippen LogP contribution in [-0.4, -0.2) is 37.6 Å². The van der Waals surface area contributed by atoms with E-state index in [9.17, 15) is 4.79 Å². The quantitative estimate of drug-likeness (QED) is 0.522. The molecule has 0 saturated carbocycles. The average molecular weight is 332 g/mol. The van der Waals surface area contributed by atoms with Crippen molar-refractivity contribution in [3.63, 3.8) is 0 Å². The lowest BCUT2D eigenvalue weighted by Crippen LogP contribution is -2.26. The van der Waals surface area contributed by atoms with E-state index in [-0.39, 0.29) is 5.91 Å². The second kappa shape index (κ2) is 6.56. The van der Waals surface area contributed by atoms with Gasteiger partial charge in [-0.25, -0.2) is 4.98 Å². The minimum absolute atomic E-state index is 0.191. The summed E-state index contributed by atoms with van der Waals surface area (Å²) in [5.74, 6) is 0.660. The number of aromatic amines is 2. The molecule has 7 heteroatoms. The number of hydrogen-bond donors (Lipinski definition) is 3. The minimum atomic E-state index is -0.191. The third-order valence-corrected chi connectivity index (χ3v) is 3.88. The molecule has 4 aromatic rings. The first kappa shape index (κ1) is 15.1. The lowest BCUT2D eigenvalue weighted by atomic mass is 10.2.